The topological polar surface area (TPSA) is 27.7 Å². The molecule has 0 atom stereocenters. The Balaban J connectivity index is 1.89. The van der Waals surface area contributed by atoms with Gasteiger partial charge in [0.2, 0.25) is 0 Å². The number of hydrogen-bond acceptors (Lipinski definition) is 3. The fourth-order valence-corrected chi connectivity index (χ4v) is 2.55. The lowest BCUT2D eigenvalue weighted by atomic mass is 9.97. The molecule has 16 heavy (non-hydrogen) atoms. The summed E-state index contributed by atoms with van der Waals surface area (Å²) in [5.41, 5.74) is 0.0327. The quantitative estimate of drug-likeness (QED) is 0.745. The van der Waals surface area contributed by atoms with Gasteiger partial charge in [-0.15, -0.1) is 0 Å². The Morgan fingerprint density at radius 1 is 1.19 bits per heavy atom. The highest BCUT2D eigenvalue weighted by atomic mass is 31.2. The van der Waals surface area contributed by atoms with Crippen molar-refractivity contribution in [3.63, 3.8) is 0 Å². The predicted octanol–water partition coefficient (Wildman–Crippen LogP) is 3.50. The molecule has 3 nitrogen and oxygen atoms in total. The highest BCUT2D eigenvalue weighted by Crippen LogP contribution is 2.46. The van der Waals surface area contributed by atoms with Crippen LogP contribution in [0.4, 0.5) is 4.39 Å². The molecule has 1 fully saturated rings. The van der Waals surface area contributed by atoms with Gasteiger partial charge in [-0.25, -0.2) is 4.39 Å². The van der Waals surface area contributed by atoms with Gasteiger partial charge in [0.1, 0.15) is 11.6 Å². The predicted molar refractivity (Wildman–Crippen MR) is 59.6 cm³/mol. The standard InChI is InChI=1S/C11H14FO3P/c1-11(2)7-13-16(14-8-11)15-10-5-3-9(12)4-6-10/h3-6H,7-8H2,1-2H3. The molecule has 2 rings (SSSR count). The molecule has 0 aromatic heterocycles. The van der Waals surface area contributed by atoms with Crippen molar-refractivity contribution in [2.24, 2.45) is 5.41 Å². The zero-order valence-corrected chi connectivity index (χ0v) is 10.2. The van der Waals surface area contributed by atoms with E-state index in [2.05, 4.69) is 13.8 Å². The van der Waals surface area contributed by atoms with E-state index in [9.17, 15) is 4.39 Å². The largest absolute Gasteiger partial charge is 0.427 e. The van der Waals surface area contributed by atoms with Gasteiger partial charge < -0.3 is 13.6 Å². The molecule has 1 aliphatic heterocycles. The zero-order valence-electron chi connectivity index (χ0n) is 9.27. The van der Waals surface area contributed by atoms with Crippen LogP contribution in [0.5, 0.6) is 5.75 Å². The summed E-state index contributed by atoms with van der Waals surface area (Å²) in [6, 6.07) is 5.81. The van der Waals surface area contributed by atoms with Gasteiger partial charge in [0.15, 0.2) is 0 Å². The molecule has 1 heterocycles. The van der Waals surface area contributed by atoms with Crippen LogP contribution in [0.2, 0.25) is 0 Å². The Labute approximate surface area is 95.5 Å². The zero-order chi connectivity index (χ0) is 11.6. The summed E-state index contributed by atoms with van der Waals surface area (Å²) in [4.78, 5) is 0. The van der Waals surface area contributed by atoms with E-state index in [0.29, 0.717) is 19.0 Å². The number of rotatable bonds is 2. The smallest absolute Gasteiger partial charge is 0.397 e. The van der Waals surface area contributed by atoms with E-state index in [1.807, 2.05) is 0 Å². The van der Waals surface area contributed by atoms with Crippen molar-refractivity contribution in [2.45, 2.75) is 13.8 Å². The van der Waals surface area contributed by atoms with Crippen molar-refractivity contribution in [1.82, 2.24) is 0 Å². The first-order valence-corrected chi connectivity index (χ1v) is 6.14. The van der Waals surface area contributed by atoms with E-state index >= 15 is 0 Å². The molecule has 0 aliphatic carbocycles. The highest BCUT2D eigenvalue weighted by Gasteiger charge is 2.31. The first-order chi connectivity index (χ1) is 7.55. The number of hydrogen-bond donors (Lipinski definition) is 0. The van der Waals surface area contributed by atoms with Crippen molar-refractivity contribution < 1.29 is 18.0 Å². The maximum Gasteiger partial charge on any atom is 0.397 e. The summed E-state index contributed by atoms with van der Waals surface area (Å²) >= 11 is 0. The van der Waals surface area contributed by atoms with Crippen LogP contribution >= 0.6 is 8.60 Å². The molecule has 5 heteroatoms. The van der Waals surface area contributed by atoms with Crippen molar-refractivity contribution in [3.05, 3.63) is 30.1 Å². The van der Waals surface area contributed by atoms with E-state index in [0.717, 1.165) is 0 Å². The minimum atomic E-state index is -1.34. The first-order valence-electron chi connectivity index (χ1n) is 5.05. The lowest BCUT2D eigenvalue weighted by molar-refractivity contribution is 0.0426. The van der Waals surface area contributed by atoms with Gasteiger partial charge >= 0.3 is 8.60 Å². The van der Waals surface area contributed by atoms with E-state index in [1.165, 1.54) is 12.1 Å². The second-order valence-corrected chi connectivity index (χ2v) is 5.63. The van der Waals surface area contributed by atoms with Crippen LogP contribution in [0, 0.1) is 11.2 Å². The SMILES string of the molecule is CC1(C)COP(Oc2ccc(F)cc2)OC1. The molecular formula is C11H14FO3P. The van der Waals surface area contributed by atoms with Gasteiger partial charge in [0, 0.05) is 5.41 Å². The van der Waals surface area contributed by atoms with Gasteiger partial charge in [-0.1, -0.05) is 13.8 Å². The van der Waals surface area contributed by atoms with Crippen molar-refractivity contribution >= 4 is 8.60 Å². The second-order valence-electron chi connectivity index (χ2n) is 4.48. The molecule has 0 radical (unpaired) electrons. The van der Waals surface area contributed by atoms with Crippen molar-refractivity contribution in [1.29, 1.82) is 0 Å². The molecule has 0 saturated carbocycles. The summed E-state index contributed by atoms with van der Waals surface area (Å²) in [6.45, 7) is 5.36. The van der Waals surface area contributed by atoms with Gasteiger partial charge in [-0.3, -0.25) is 0 Å². The molecule has 0 spiro atoms. The maximum absolute atomic E-state index is 12.7. The maximum atomic E-state index is 12.7. The Kier molecular flexibility index (Phi) is 3.43. The molecule has 1 saturated heterocycles. The van der Waals surface area contributed by atoms with E-state index in [1.54, 1.807) is 12.1 Å². The third-order valence-electron chi connectivity index (χ3n) is 2.11. The average Bonchev–Trinajstić information content (AvgIpc) is 2.24. The van der Waals surface area contributed by atoms with Crippen LogP contribution in [-0.2, 0) is 9.05 Å². The lowest BCUT2D eigenvalue weighted by Crippen LogP contribution is -2.28. The molecule has 0 bridgehead atoms. The van der Waals surface area contributed by atoms with E-state index < -0.39 is 8.60 Å². The molecule has 1 aliphatic rings. The van der Waals surface area contributed by atoms with Crippen LogP contribution in [-0.4, -0.2) is 13.2 Å². The van der Waals surface area contributed by atoms with Gasteiger partial charge in [-0.05, 0) is 24.3 Å². The molecule has 0 unspecified atom stereocenters. The summed E-state index contributed by atoms with van der Waals surface area (Å²) in [5, 5.41) is 0. The van der Waals surface area contributed by atoms with Crippen molar-refractivity contribution in [3.8, 4) is 5.75 Å². The average molecular weight is 244 g/mol. The molecule has 1 aromatic rings. The third-order valence-corrected chi connectivity index (χ3v) is 3.15. The minimum Gasteiger partial charge on any atom is -0.427 e. The molecule has 1 aromatic carbocycles. The van der Waals surface area contributed by atoms with E-state index in [4.69, 9.17) is 13.6 Å². The Morgan fingerprint density at radius 3 is 2.31 bits per heavy atom. The normalized spacial score (nSPS) is 20.7. The third kappa shape index (κ3) is 3.14. The lowest BCUT2D eigenvalue weighted by Gasteiger charge is -2.32. The van der Waals surface area contributed by atoms with Gasteiger partial charge in [-0.2, -0.15) is 0 Å². The summed E-state index contributed by atoms with van der Waals surface area (Å²) in [7, 11) is -1.34. The van der Waals surface area contributed by atoms with Crippen LogP contribution in [0.1, 0.15) is 13.8 Å². The minimum absolute atomic E-state index is 0.0327. The Hall–Kier alpha value is -0.700. The molecule has 0 N–H and O–H groups in total. The Bertz CT molecular complexity index is 343. The van der Waals surface area contributed by atoms with E-state index in [-0.39, 0.29) is 11.2 Å². The fourth-order valence-electron chi connectivity index (χ4n) is 1.17. The van der Waals surface area contributed by atoms with Crippen LogP contribution in [0.25, 0.3) is 0 Å². The summed E-state index contributed by atoms with van der Waals surface area (Å²) in [5.74, 6) is 0.277. The first kappa shape index (κ1) is 11.8. The summed E-state index contributed by atoms with van der Waals surface area (Å²) < 4.78 is 29.0. The molecule has 88 valence electrons. The molecule has 0 amide bonds. The monoisotopic (exact) mass is 244 g/mol. The number of benzene rings is 1. The number of halogens is 1. The fraction of sp³-hybridized carbons (Fsp3) is 0.455. The molecular weight excluding hydrogens is 230 g/mol. The highest BCUT2D eigenvalue weighted by molar-refractivity contribution is 7.42. The van der Waals surface area contributed by atoms with Gasteiger partial charge in [0.25, 0.3) is 0 Å². The Morgan fingerprint density at radius 2 is 1.75 bits per heavy atom. The van der Waals surface area contributed by atoms with Crippen LogP contribution in [0.3, 0.4) is 0 Å². The van der Waals surface area contributed by atoms with Crippen LogP contribution < -0.4 is 4.52 Å². The van der Waals surface area contributed by atoms with Crippen LogP contribution in [0.15, 0.2) is 24.3 Å². The summed E-state index contributed by atoms with van der Waals surface area (Å²) in [6.07, 6.45) is 0. The second kappa shape index (κ2) is 4.66. The van der Waals surface area contributed by atoms with Gasteiger partial charge in [0.05, 0.1) is 13.2 Å². The van der Waals surface area contributed by atoms with Crippen molar-refractivity contribution in [2.75, 3.05) is 13.2 Å².